The summed E-state index contributed by atoms with van der Waals surface area (Å²) in [6.45, 7) is 2.80. The van der Waals surface area contributed by atoms with Gasteiger partial charge < -0.3 is 29.9 Å². The monoisotopic (exact) mass is 318 g/mol. The van der Waals surface area contributed by atoms with E-state index in [1.54, 1.807) is 6.20 Å². The van der Waals surface area contributed by atoms with Gasteiger partial charge in [-0.15, -0.1) is 0 Å². The van der Waals surface area contributed by atoms with E-state index in [1.807, 2.05) is 19.3 Å². The summed E-state index contributed by atoms with van der Waals surface area (Å²) in [5.74, 6) is -0.481. The minimum Gasteiger partial charge on any atom is -0.357 e. The van der Waals surface area contributed by atoms with Crippen LogP contribution in [0, 0.1) is 0 Å². The molecule has 124 valence electrons. The highest BCUT2D eigenvalue weighted by atomic mass is 16.7. The van der Waals surface area contributed by atoms with Gasteiger partial charge in [0.1, 0.15) is 6.29 Å². The summed E-state index contributed by atoms with van der Waals surface area (Å²) in [7, 11) is 1.93. The smallest absolute Gasteiger partial charge is 0.182 e. The van der Waals surface area contributed by atoms with Gasteiger partial charge in [-0.25, -0.2) is 0 Å². The number of H-pyrrole nitrogens is 1. The quantitative estimate of drug-likeness (QED) is 0.717. The molecule has 1 spiro atoms. The highest BCUT2D eigenvalue weighted by Crippen LogP contribution is 2.28. The van der Waals surface area contributed by atoms with Crippen LogP contribution in [0.15, 0.2) is 24.5 Å². The number of rotatable bonds is 3. The number of aldehydes is 1. The molecule has 7 nitrogen and oxygen atoms in total. The van der Waals surface area contributed by atoms with Gasteiger partial charge in [0.05, 0.1) is 25.8 Å². The third-order valence-electron chi connectivity index (χ3n) is 3.99. The summed E-state index contributed by atoms with van der Waals surface area (Å²) in [6, 6.07) is 4.00. The molecule has 0 aromatic carbocycles. The van der Waals surface area contributed by atoms with E-state index < -0.39 is 5.79 Å². The van der Waals surface area contributed by atoms with Gasteiger partial charge in [-0.3, -0.25) is 4.98 Å². The van der Waals surface area contributed by atoms with Crippen molar-refractivity contribution in [3.8, 4) is 0 Å². The second-order valence-electron chi connectivity index (χ2n) is 5.72. The van der Waals surface area contributed by atoms with Gasteiger partial charge in [0.15, 0.2) is 5.79 Å². The van der Waals surface area contributed by atoms with Crippen molar-refractivity contribution in [2.75, 3.05) is 26.8 Å². The van der Waals surface area contributed by atoms with Gasteiger partial charge in [0.25, 0.3) is 0 Å². The molecular formula is C16H22N4O3. The lowest BCUT2D eigenvalue weighted by Crippen LogP contribution is -2.32. The number of aromatic amines is 1. The number of nitrogens with one attached hydrogen (secondary N) is 3. The lowest BCUT2D eigenvalue weighted by Gasteiger charge is -2.19. The number of carbonyl (C=O) groups is 1. The zero-order valence-electron chi connectivity index (χ0n) is 13.2. The Morgan fingerprint density at radius 2 is 2.30 bits per heavy atom. The standard InChI is InChI=1S/C9H11N3.C7H11NO3/c1-10-6-8-4-7-5-11-3-2-9(7)12-8;9-4-6-3-7(5-8-6)10-1-2-11-7/h2-5,10,12H,6H2,1H3;4,6,8H,1-3,5H2. The Morgan fingerprint density at radius 3 is 2.96 bits per heavy atom. The first-order chi connectivity index (χ1) is 11.2. The van der Waals surface area contributed by atoms with Crippen LogP contribution in [0.2, 0.25) is 0 Å². The predicted molar refractivity (Wildman–Crippen MR) is 86.0 cm³/mol. The summed E-state index contributed by atoms with van der Waals surface area (Å²) >= 11 is 0. The van der Waals surface area contributed by atoms with Gasteiger partial charge in [0.2, 0.25) is 0 Å². The Morgan fingerprint density at radius 1 is 1.48 bits per heavy atom. The van der Waals surface area contributed by atoms with Gasteiger partial charge in [-0.05, 0) is 19.2 Å². The lowest BCUT2D eigenvalue weighted by atomic mass is 10.2. The second-order valence-corrected chi connectivity index (χ2v) is 5.72. The SMILES string of the molecule is CNCc1cc2cnccc2[nH]1.O=CC1CC2(CN1)OCCO2. The van der Waals surface area contributed by atoms with Crippen LogP contribution in [-0.4, -0.2) is 54.9 Å². The van der Waals surface area contributed by atoms with Crippen LogP contribution in [0.5, 0.6) is 0 Å². The zero-order chi connectivity index (χ0) is 16.1. The Labute approximate surface area is 134 Å². The van der Waals surface area contributed by atoms with Gasteiger partial charge in [-0.1, -0.05) is 0 Å². The fourth-order valence-corrected chi connectivity index (χ4v) is 2.90. The van der Waals surface area contributed by atoms with Crippen LogP contribution in [-0.2, 0) is 20.8 Å². The van der Waals surface area contributed by atoms with E-state index in [0.717, 1.165) is 18.3 Å². The van der Waals surface area contributed by atoms with E-state index in [0.29, 0.717) is 26.2 Å². The molecule has 4 heterocycles. The zero-order valence-corrected chi connectivity index (χ0v) is 13.2. The largest absolute Gasteiger partial charge is 0.357 e. The molecule has 0 saturated carbocycles. The van der Waals surface area contributed by atoms with E-state index >= 15 is 0 Å². The summed E-state index contributed by atoms with van der Waals surface area (Å²) in [5.41, 5.74) is 2.34. The summed E-state index contributed by atoms with van der Waals surface area (Å²) in [6.07, 6.45) is 5.21. The summed E-state index contributed by atoms with van der Waals surface area (Å²) < 4.78 is 10.8. The first-order valence-corrected chi connectivity index (χ1v) is 7.77. The molecule has 2 aliphatic rings. The number of nitrogens with zero attached hydrogens (tertiary/aromatic N) is 1. The van der Waals surface area contributed by atoms with Crippen molar-refractivity contribution < 1.29 is 14.3 Å². The minimum absolute atomic E-state index is 0.0897. The molecule has 4 rings (SSSR count). The maximum Gasteiger partial charge on any atom is 0.182 e. The van der Waals surface area contributed by atoms with E-state index in [4.69, 9.17) is 9.47 Å². The Bertz CT molecular complexity index is 619. The number of aromatic nitrogens is 2. The van der Waals surface area contributed by atoms with Crippen molar-refractivity contribution in [1.82, 2.24) is 20.6 Å². The van der Waals surface area contributed by atoms with Gasteiger partial charge in [-0.2, -0.15) is 0 Å². The van der Waals surface area contributed by atoms with Crippen molar-refractivity contribution in [3.05, 3.63) is 30.2 Å². The predicted octanol–water partition coefficient (Wildman–Crippen LogP) is 0.573. The summed E-state index contributed by atoms with van der Waals surface area (Å²) in [5, 5.41) is 7.28. The average molecular weight is 318 g/mol. The van der Waals surface area contributed by atoms with Crippen LogP contribution < -0.4 is 10.6 Å². The lowest BCUT2D eigenvalue weighted by molar-refractivity contribution is -0.142. The second kappa shape index (κ2) is 7.18. The van der Waals surface area contributed by atoms with Crippen molar-refractivity contribution in [3.63, 3.8) is 0 Å². The molecule has 1 atom stereocenters. The average Bonchev–Trinajstić information content (AvgIpc) is 3.29. The highest BCUT2D eigenvalue weighted by Gasteiger charge is 2.43. The Balaban J connectivity index is 0.000000136. The molecule has 3 N–H and O–H groups in total. The third kappa shape index (κ3) is 3.76. The molecule has 0 amide bonds. The maximum atomic E-state index is 10.4. The first-order valence-electron chi connectivity index (χ1n) is 7.77. The number of carbonyl (C=O) groups excluding carboxylic acids is 1. The van der Waals surface area contributed by atoms with E-state index in [1.165, 1.54) is 11.1 Å². The summed E-state index contributed by atoms with van der Waals surface area (Å²) in [4.78, 5) is 17.7. The molecule has 7 heteroatoms. The van der Waals surface area contributed by atoms with Crippen LogP contribution in [0.1, 0.15) is 12.1 Å². The van der Waals surface area contributed by atoms with Crippen molar-refractivity contribution >= 4 is 17.2 Å². The molecule has 23 heavy (non-hydrogen) atoms. The molecule has 0 bridgehead atoms. The van der Waals surface area contributed by atoms with Crippen molar-refractivity contribution in [2.24, 2.45) is 0 Å². The number of pyridine rings is 1. The fraction of sp³-hybridized carbons (Fsp3) is 0.500. The topological polar surface area (TPSA) is 88.3 Å². The van der Waals surface area contributed by atoms with Gasteiger partial charge >= 0.3 is 0 Å². The first kappa shape index (κ1) is 16.1. The molecule has 2 fully saturated rings. The molecule has 0 radical (unpaired) electrons. The fourth-order valence-electron chi connectivity index (χ4n) is 2.90. The van der Waals surface area contributed by atoms with Crippen LogP contribution in [0.25, 0.3) is 10.9 Å². The molecule has 1 unspecified atom stereocenters. The molecule has 2 aromatic heterocycles. The number of fused-ring (bicyclic) bond motifs is 1. The number of hydrogen-bond acceptors (Lipinski definition) is 6. The van der Waals surface area contributed by atoms with Crippen LogP contribution >= 0.6 is 0 Å². The van der Waals surface area contributed by atoms with Crippen LogP contribution in [0.3, 0.4) is 0 Å². The normalized spacial score (nSPS) is 22.2. The van der Waals surface area contributed by atoms with E-state index in [9.17, 15) is 4.79 Å². The molecule has 2 saturated heterocycles. The van der Waals surface area contributed by atoms with Crippen LogP contribution in [0.4, 0.5) is 0 Å². The van der Waals surface area contributed by atoms with Crippen molar-refractivity contribution in [2.45, 2.75) is 24.8 Å². The van der Waals surface area contributed by atoms with Gasteiger partial charge in [0, 0.05) is 42.0 Å². The molecule has 0 aliphatic carbocycles. The highest BCUT2D eigenvalue weighted by molar-refractivity contribution is 5.79. The molecule has 2 aromatic rings. The number of hydrogen-bond donors (Lipinski definition) is 3. The maximum absolute atomic E-state index is 10.4. The Kier molecular flexibility index (Phi) is 5.02. The third-order valence-corrected chi connectivity index (χ3v) is 3.99. The Hall–Kier alpha value is -1.80. The minimum atomic E-state index is -0.481. The van der Waals surface area contributed by atoms with Crippen molar-refractivity contribution in [1.29, 1.82) is 0 Å². The van der Waals surface area contributed by atoms with E-state index in [2.05, 4.69) is 26.7 Å². The molecular weight excluding hydrogens is 296 g/mol. The molecule has 2 aliphatic heterocycles. The number of ether oxygens (including phenoxy) is 2. The van der Waals surface area contributed by atoms with E-state index in [-0.39, 0.29) is 6.04 Å².